The molecule has 1 aliphatic rings. The highest BCUT2D eigenvalue weighted by Crippen LogP contribution is 2.24. The maximum Gasteiger partial charge on any atom is 0.0313 e. The van der Waals surface area contributed by atoms with Crippen LogP contribution in [0.25, 0.3) is 0 Å². The summed E-state index contributed by atoms with van der Waals surface area (Å²) in [7, 11) is 0. The molecule has 0 aliphatic carbocycles. The molecule has 0 unspecified atom stereocenters. The SMILES string of the molecule is Cc1cncc(CN2CCC[C@@H](C(C)C)C2)c1. The Morgan fingerprint density at radius 2 is 2.24 bits per heavy atom. The van der Waals surface area contributed by atoms with Crippen molar-refractivity contribution in [3.05, 3.63) is 29.6 Å². The molecule has 1 aromatic rings. The second-order valence-electron chi connectivity index (χ2n) is 5.75. The van der Waals surface area contributed by atoms with Gasteiger partial charge in [0.2, 0.25) is 0 Å². The van der Waals surface area contributed by atoms with Gasteiger partial charge < -0.3 is 0 Å². The van der Waals surface area contributed by atoms with Crippen LogP contribution in [0.2, 0.25) is 0 Å². The molecule has 0 radical (unpaired) electrons. The Morgan fingerprint density at radius 3 is 2.94 bits per heavy atom. The van der Waals surface area contributed by atoms with E-state index in [2.05, 4.69) is 36.7 Å². The summed E-state index contributed by atoms with van der Waals surface area (Å²) in [5.41, 5.74) is 2.62. The first-order chi connectivity index (χ1) is 8.15. The number of hydrogen-bond acceptors (Lipinski definition) is 2. The number of aryl methyl sites for hydroxylation is 1. The fourth-order valence-corrected chi connectivity index (χ4v) is 2.74. The van der Waals surface area contributed by atoms with Crippen molar-refractivity contribution in [1.29, 1.82) is 0 Å². The van der Waals surface area contributed by atoms with Crippen LogP contribution >= 0.6 is 0 Å². The molecular formula is C15H24N2. The molecule has 0 saturated carbocycles. The van der Waals surface area contributed by atoms with Gasteiger partial charge in [-0.15, -0.1) is 0 Å². The summed E-state index contributed by atoms with van der Waals surface area (Å²) in [6.45, 7) is 10.4. The summed E-state index contributed by atoms with van der Waals surface area (Å²) in [5.74, 6) is 1.69. The molecule has 0 N–H and O–H groups in total. The van der Waals surface area contributed by atoms with E-state index in [4.69, 9.17) is 0 Å². The molecule has 17 heavy (non-hydrogen) atoms. The van der Waals surface area contributed by atoms with Gasteiger partial charge in [-0.1, -0.05) is 19.9 Å². The zero-order chi connectivity index (χ0) is 12.3. The van der Waals surface area contributed by atoms with Crippen LogP contribution in [0.4, 0.5) is 0 Å². The summed E-state index contributed by atoms with van der Waals surface area (Å²) >= 11 is 0. The molecule has 2 nitrogen and oxygen atoms in total. The normalized spacial score (nSPS) is 22.0. The highest BCUT2D eigenvalue weighted by Gasteiger charge is 2.22. The first kappa shape index (κ1) is 12.6. The van der Waals surface area contributed by atoms with Crippen molar-refractivity contribution in [2.24, 2.45) is 11.8 Å². The van der Waals surface area contributed by atoms with Gasteiger partial charge in [0.25, 0.3) is 0 Å². The van der Waals surface area contributed by atoms with Gasteiger partial charge in [-0.05, 0) is 49.3 Å². The molecule has 0 amide bonds. The third kappa shape index (κ3) is 3.53. The number of rotatable bonds is 3. The fraction of sp³-hybridized carbons (Fsp3) is 0.667. The van der Waals surface area contributed by atoms with E-state index in [-0.39, 0.29) is 0 Å². The average molecular weight is 232 g/mol. The Labute approximate surface area is 105 Å². The summed E-state index contributed by atoms with van der Waals surface area (Å²) in [5, 5.41) is 0. The van der Waals surface area contributed by atoms with Gasteiger partial charge in [-0.25, -0.2) is 0 Å². The minimum absolute atomic E-state index is 0.813. The maximum atomic E-state index is 4.28. The van der Waals surface area contributed by atoms with Crippen molar-refractivity contribution in [1.82, 2.24) is 9.88 Å². The molecule has 2 rings (SSSR count). The van der Waals surface area contributed by atoms with Gasteiger partial charge >= 0.3 is 0 Å². The van der Waals surface area contributed by atoms with Crippen LogP contribution in [-0.4, -0.2) is 23.0 Å². The quantitative estimate of drug-likeness (QED) is 0.795. The van der Waals surface area contributed by atoms with Crippen molar-refractivity contribution in [2.75, 3.05) is 13.1 Å². The largest absolute Gasteiger partial charge is 0.299 e. The number of likely N-dealkylation sites (tertiary alicyclic amines) is 1. The number of piperidine rings is 1. The van der Waals surface area contributed by atoms with Crippen molar-refractivity contribution in [2.45, 2.75) is 40.2 Å². The Balaban J connectivity index is 1.94. The number of pyridine rings is 1. The lowest BCUT2D eigenvalue weighted by Gasteiger charge is -2.34. The molecule has 1 aromatic heterocycles. The molecule has 0 bridgehead atoms. The van der Waals surface area contributed by atoms with Gasteiger partial charge in [-0.3, -0.25) is 9.88 Å². The molecule has 1 saturated heterocycles. The van der Waals surface area contributed by atoms with E-state index >= 15 is 0 Å². The Bertz CT molecular complexity index is 360. The van der Waals surface area contributed by atoms with Gasteiger partial charge in [0.15, 0.2) is 0 Å². The molecule has 1 atom stereocenters. The number of aromatic nitrogens is 1. The Hall–Kier alpha value is -0.890. The van der Waals surface area contributed by atoms with Crippen molar-refractivity contribution < 1.29 is 0 Å². The second-order valence-corrected chi connectivity index (χ2v) is 5.75. The van der Waals surface area contributed by atoms with Gasteiger partial charge in [0, 0.05) is 25.5 Å². The molecule has 94 valence electrons. The first-order valence-electron chi connectivity index (χ1n) is 6.78. The van der Waals surface area contributed by atoms with E-state index in [1.165, 1.54) is 37.1 Å². The van der Waals surface area contributed by atoms with Gasteiger partial charge in [-0.2, -0.15) is 0 Å². The van der Waals surface area contributed by atoms with Crippen LogP contribution in [0, 0.1) is 18.8 Å². The highest BCUT2D eigenvalue weighted by molar-refractivity contribution is 5.16. The third-order valence-corrected chi connectivity index (χ3v) is 3.82. The predicted molar refractivity (Wildman–Crippen MR) is 71.8 cm³/mol. The molecule has 0 aromatic carbocycles. The lowest BCUT2D eigenvalue weighted by Crippen LogP contribution is -2.36. The Morgan fingerprint density at radius 1 is 1.41 bits per heavy atom. The van der Waals surface area contributed by atoms with Gasteiger partial charge in [0.05, 0.1) is 0 Å². The highest BCUT2D eigenvalue weighted by atomic mass is 15.1. The topological polar surface area (TPSA) is 16.1 Å². The minimum atomic E-state index is 0.813. The van der Waals surface area contributed by atoms with E-state index in [0.29, 0.717) is 0 Å². The number of nitrogens with zero attached hydrogens (tertiary/aromatic N) is 2. The van der Waals surface area contributed by atoms with Crippen molar-refractivity contribution in [3.8, 4) is 0 Å². The first-order valence-corrected chi connectivity index (χ1v) is 6.78. The van der Waals surface area contributed by atoms with E-state index in [1.807, 2.05) is 12.4 Å². The van der Waals surface area contributed by atoms with Crippen LogP contribution in [-0.2, 0) is 6.54 Å². The van der Waals surface area contributed by atoms with Crippen molar-refractivity contribution in [3.63, 3.8) is 0 Å². The summed E-state index contributed by atoms with van der Waals surface area (Å²) in [6.07, 6.45) is 6.69. The van der Waals surface area contributed by atoms with Crippen LogP contribution in [0.1, 0.15) is 37.8 Å². The summed E-state index contributed by atoms with van der Waals surface area (Å²) in [4.78, 5) is 6.87. The summed E-state index contributed by atoms with van der Waals surface area (Å²) in [6, 6.07) is 2.26. The Kier molecular flexibility index (Phi) is 4.16. The zero-order valence-corrected chi connectivity index (χ0v) is 11.3. The molecule has 1 fully saturated rings. The minimum Gasteiger partial charge on any atom is -0.299 e. The second kappa shape index (κ2) is 5.63. The fourth-order valence-electron chi connectivity index (χ4n) is 2.74. The van der Waals surface area contributed by atoms with Crippen LogP contribution in [0.5, 0.6) is 0 Å². The van der Waals surface area contributed by atoms with Crippen molar-refractivity contribution >= 4 is 0 Å². The molecule has 2 heterocycles. The smallest absolute Gasteiger partial charge is 0.0313 e. The average Bonchev–Trinajstić information content (AvgIpc) is 2.29. The van der Waals surface area contributed by atoms with Crippen LogP contribution in [0.15, 0.2) is 18.5 Å². The van der Waals surface area contributed by atoms with E-state index in [9.17, 15) is 0 Å². The number of hydrogen-bond donors (Lipinski definition) is 0. The standard InChI is InChI=1S/C15H24N2/c1-12(2)15-5-4-6-17(11-15)10-14-7-13(3)8-16-9-14/h7-9,12,15H,4-6,10-11H2,1-3H3/t15-/m1/s1. The molecule has 2 heteroatoms. The van der Waals surface area contributed by atoms with Crippen LogP contribution < -0.4 is 0 Å². The molecule has 1 aliphatic heterocycles. The lowest BCUT2D eigenvalue weighted by atomic mass is 9.88. The van der Waals surface area contributed by atoms with E-state index < -0.39 is 0 Å². The van der Waals surface area contributed by atoms with Crippen LogP contribution in [0.3, 0.4) is 0 Å². The van der Waals surface area contributed by atoms with E-state index in [1.54, 1.807) is 0 Å². The molecular weight excluding hydrogens is 208 g/mol. The lowest BCUT2D eigenvalue weighted by molar-refractivity contribution is 0.139. The third-order valence-electron chi connectivity index (χ3n) is 3.82. The monoisotopic (exact) mass is 232 g/mol. The predicted octanol–water partition coefficient (Wildman–Crippen LogP) is 3.26. The van der Waals surface area contributed by atoms with Gasteiger partial charge in [0.1, 0.15) is 0 Å². The summed E-state index contributed by atoms with van der Waals surface area (Å²) < 4.78 is 0. The zero-order valence-electron chi connectivity index (χ0n) is 11.3. The van der Waals surface area contributed by atoms with E-state index in [0.717, 1.165) is 18.4 Å². The molecule has 0 spiro atoms. The maximum absolute atomic E-state index is 4.28.